The smallest absolute Gasteiger partial charge is 0.289 e. The van der Waals surface area contributed by atoms with Crippen LogP contribution in [-0.2, 0) is 6.42 Å². The maximum atomic E-state index is 12.2. The number of non-ortho nitro benzene ring substituents is 1. The van der Waals surface area contributed by atoms with E-state index in [1.807, 2.05) is 19.1 Å². The van der Waals surface area contributed by atoms with Crippen molar-refractivity contribution in [2.75, 3.05) is 5.32 Å². The van der Waals surface area contributed by atoms with Crippen LogP contribution < -0.4 is 5.32 Å². The van der Waals surface area contributed by atoms with Gasteiger partial charge in [0.05, 0.1) is 15.9 Å². The van der Waals surface area contributed by atoms with Gasteiger partial charge in [0, 0.05) is 11.8 Å². The second kappa shape index (κ2) is 6.65. The molecule has 0 bridgehead atoms. The Bertz CT molecular complexity index is 771. The molecular formula is C15H13N3O5. The lowest BCUT2D eigenvalue weighted by Crippen LogP contribution is -2.14. The quantitative estimate of drug-likeness (QED) is 0.671. The Morgan fingerprint density at radius 3 is 2.22 bits per heavy atom. The first-order valence-corrected chi connectivity index (χ1v) is 6.75. The Hall–Kier alpha value is -3.29. The molecule has 8 heteroatoms. The van der Waals surface area contributed by atoms with Crippen molar-refractivity contribution in [3.8, 4) is 0 Å². The number of nitro benzene ring substituents is 2. The number of hydrogen-bond acceptors (Lipinski definition) is 5. The summed E-state index contributed by atoms with van der Waals surface area (Å²) >= 11 is 0. The molecular weight excluding hydrogens is 302 g/mol. The van der Waals surface area contributed by atoms with E-state index in [0.29, 0.717) is 5.69 Å². The number of aryl methyl sites for hydroxylation is 1. The third kappa shape index (κ3) is 3.67. The molecule has 8 nitrogen and oxygen atoms in total. The van der Waals surface area contributed by atoms with Gasteiger partial charge in [0.25, 0.3) is 17.3 Å². The summed E-state index contributed by atoms with van der Waals surface area (Å²) in [6.45, 7) is 1.99. The normalized spacial score (nSPS) is 10.1. The Balaban J connectivity index is 2.30. The van der Waals surface area contributed by atoms with Crippen LogP contribution in [0.2, 0.25) is 0 Å². The minimum atomic E-state index is -0.817. The maximum Gasteiger partial charge on any atom is 0.289 e. The van der Waals surface area contributed by atoms with Crippen LogP contribution in [0.25, 0.3) is 0 Å². The van der Waals surface area contributed by atoms with Gasteiger partial charge in [-0.05, 0) is 30.2 Å². The third-order valence-electron chi connectivity index (χ3n) is 3.25. The van der Waals surface area contributed by atoms with E-state index in [1.165, 1.54) is 0 Å². The van der Waals surface area contributed by atoms with Crippen LogP contribution in [0.3, 0.4) is 0 Å². The summed E-state index contributed by atoms with van der Waals surface area (Å²) in [6.07, 6.45) is 0.849. The monoisotopic (exact) mass is 315 g/mol. The van der Waals surface area contributed by atoms with Gasteiger partial charge in [0.1, 0.15) is 5.56 Å². The van der Waals surface area contributed by atoms with E-state index in [-0.39, 0.29) is 5.56 Å². The van der Waals surface area contributed by atoms with E-state index in [2.05, 4.69) is 5.32 Å². The number of hydrogen-bond donors (Lipinski definition) is 1. The highest BCUT2D eigenvalue weighted by molar-refractivity contribution is 6.07. The zero-order valence-corrected chi connectivity index (χ0v) is 12.2. The molecule has 2 aromatic carbocycles. The highest BCUT2D eigenvalue weighted by atomic mass is 16.6. The molecule has 2 aromatic rings. The van der Waals surface area contributed by atoms with Gasteiger partial charge >= 0.3 is 0 Å². The number of nitrogens with one attached hydrogen (secondary N) is 1. The molecule has 23 heavy (non-hydrogen) atoms. The molecule has 0 heterocycles. The van der Waals surface area contributed by atoms with Crippen molar-refractivity contribution in [3.63, 3.8) is 0 Å². The molecule has 0 saturated carbocycles. The molecule has 1 N–H and O–H groups in total. The van der Waals surface area contributed by atoms with Gasteiger partial charge < -0.3 is 5.32 Å². The van der Waals surface area contributed by atoms with Crippen molar-refractivity contribution < 1.29 is 14.6 Å². The van der Waals surface area contributed by atoms with Crippen LogP contribution in [0.5, 0.6) is 0 Å². The van der Waals surface area contributed by atoms with E-state index in [9.17, 15) is 25.0 Å². The number of benzene rings is 2. The molecule has 0 saturated heterocycles. The van der Waals surface area contributed by atoms with Crippen LogP contribution in [0.1, 0.15) is 22.8 Å². The molecule has 0 atom stereocenters. The number of nitrogens with zero attached hydrogens (tertiary/aromatic N) is 2. The summed E-state index contributed by atoms with van der Waals surface area (Å²) in [6, 6.07) is 9.95. The molecule has 0 fully saturated rings. The lowest BCUT2D eigenvalue weighted by atomic mass is 10.1. The van der Waals surface area contributed by atoms with Crippen molar-refractivity contribution >= 4 is 23.0 Å². The zero-order valence-electron chi connectivity index (χ0n) is 12.2. The largest absolute Gasteiger partial charge is 0.322 e. The van der Waals surface area contributed by atoms with Crippen molar-refractivity contribution in [3.05, 3.63) is 73.8 Å². The van der Waals surface area contributed by atoms with Crippen LogP contribution in [-0.4, -0.2) is 15.8 Å². The SMILES string of the molecule is CCc1ccc(NC(=O)c2ccc([N+](=O)[O-])cc2[N+](=O)[O-])cc1. The maximum absolute atomic E-state index is 12.2. The second-order valence-corrected chi connectivity index (χ2v) is 4.72. The Kier molecular flexibility index (Phi) is 4.65. The Morgan fingerprint density at radius 2 is 1.70 bits per heavy atom. The summed E-state index contributed by atoms with van der Waals surface area (Å²) in [5.41, 5.74) is 0.284. The van der Waals surface area contributed by atoms with Crippen molar-refractivity contribution in [2.24, 2.45) is 0 Å². The molecule has 0 radical (unpaired) electrons. The molecule has 2 rings (SSSR count). The van der Waals surface area contributed by atoms with Gasteiger partial charge in [0.2, 0.25) is 0 Å². The van der Waals surface area contributed by atoms with E-state index in [1.54, 1.807) is 12.1 Å². The molecule has 0 aliphatic heterocycles. The molecule has 0 aliphatic rings. The summed E-state index contributed by atoms with van der Waals surface area (Å²) in [4.78, 5) is 32.4. The minimum absolute atomic E-state index is 0.236. The predicted octanol–water partition coefficient (Wildman–Crippen LogP) is 3.32. The van der Waals surface area contributed by atoms with Gasteiger partial charge in [-0.15, -0.1) is 0 Å². The lowest BCUT2D eigenvalue weighted by molar-refractivity contribution is -0.394. The summed E-state index contributed by atoms with van der Waals surface area (Å²) in [7, 11) is 0. The number of carbonyl (C=O) groups is 1. The number of nitro groups is 2. The number of carbonyl (C=O) groups excluding carboxylic acids is 1. The van der Waals surface area contributed by atoms with E-state index in [4.69, 9.17) is 0 Å². The van der Waals surface area contributed by atoms with Gasteiger partial charge in [0.15, 0.2) is 0 Å². The van der Waals surface area contributed by atoms with Crippen LogP contribution in [0, 0.1) is 20.2 Å². The van der Waals surface area contributed by atoms with Crippen LogP contribution >= 0.6 is 0 Å². The third-order valence-corrected chi connectivity index (χ3v) is 3.25. The van der Waals surface area contributed by atoms with Crippen LogP contribution in [0.15, 0.2) is 42.5 Å². The van der Waals surface area contributed by atoms with Crippen LogP contribution in [0.4, 0.5) is 17.1 Å². The summed E-state index contributed by atoms with van der Waals surface area (Å²) < 4.78 is 0. The molecule has 1 amide bonds. The number of anilines is 1. The molecule has 0 unspecified atom stereocenters. The number of amides is 1. The number of rotatable bonds is 5. The lowest BCUT2D eigenvalue weighted by Gasteiger charge is -2.06. The fraction of sp³-hybridized carbons (Fsp3) is 0.133. The van der Waals surface area contributed by atoms with Gasteiger partial charge in [-0.25, -0.2) is 0 Å². The standard InChI is InChI=1S/C15H13N3O5/c1-2-10-3-5-11(6-4-10)16-15(19)13-8-7-12(17(20)21)9-14(13)18(22)23/h3-9H,2H2,1H3,(H,16,19). The Labute approximate surface area is 131 Å². The van der Waals surface area contributed by atoms with Gasteiger partial charge in [-0.2, -0.15) is 0 Å². The van der Waals surface area contributed by atoms with Crippen molar-refractivity contribution in [2.45, 2.75) is 13.3 Å². The molecule has 0 aliphatic carbocycles. The average Bonchev–Trinajstić information content (AvgIpc) is 2.54. The second-order valence-electron chi connectivity index (χ2n) is 4.72. The first-order valence-electron chi connectivity index (χ1n) is 6.75. The topological polar surface area (TPSA) is 115 Å². The minimum Gasteiger partial charge on any atom is -0.322 e. The molecule has 118 valence electrons. The van der Waals surface area contributed by atoms with E-state index >= 15 is 0 Å². The van der Waals surface area contributed by atoms with E-state index < -0.39 is 27.1 Å². The summed E-state index contributed by atoms with van der Waals surface area (Å²) in [5, 5.41) is 24.3. The van der Waals surface area contributed by atoms with Crippen molar-refractivity contribution in [1.29, 1.82) is 0 Å². The molecule has 0 aromatic heterocycles. The average molecular weight is 315 g/mol. The highest BCUT2D eigenvalue weighted by Crippen LogP contribution is 2.25. The fourth-order valence-corrected chi connectivity index (χ4v) is 2.00. The first kappa shape index (κ1) is 16.1. The fourth-order valence-electron chi connectivity index (χ4n) is 2.00. The Morgan fingerprint density at radius 1 is 1.04 bits per heavy atom. The van der Waals surface area contributed by atoms with Crippen molar-refractivity contribution in [1.82, 2.24) is 0 Å². The van der Waals surface area contributed by atoms with E-state index in [0.717, 1.165) is 30.2 Å². The van der Waals surface area contributed by atoms with Gasteiger partial charge in [-0.1, -0.05) is 19.1 Å². The zero-order chi connectivity index (χ0) is 17.0. The summed E-state index contributed by atoms with van der Waals surface area (Å²) in [5.74, 6) is -0.698. The first-order chi connectivity index (χ1) is 10.9. The molecule has 0 spiro atoms. The van der Waals surface area contributed by atoms with Gasteiger partial charge in [-0.3, -0.25) is 25.0 Å². The predicted molar refractivity (Wildman–Crippen MR) is 83.5 cm³/mol. The highest BCUT2D eigenvalue weighted by Gasteiger charge is 2.24.